The van der Waals surface area contributed by atoms with Gasteiger partial charge in [-0.3, -0.25) is 4.79 Å². The second-order valence-electron chi connectivity index (χ2n) is 4.03. The molecule has 0 saturated heterocycles. The summed E-state index contributed by atoms with van der Waals surface area (Å²) in [6.07, 6.45) is 1.76. The summed E-state index contributed by atoms with van der Waals surface area (Å²) in [5.41, 5.74) is 1.67. The molecule has 4 nitrogen and oxygen atoms in total. The fraction of sp³-hybridized carbons (Fsp3) is 0.214. The molecule has 0 aliphatic rings. The van der Waals surface area contributed by atoms with Crippen molar-refractivity contribution in [2.45, 2.75) is 0 Å². The Morgan fingerprint density at radius 2 is 1.74 bits per heavy atom. The van der Waals surface area contributed by atoms with Crippen molar-refractivity contribution >= 4 is 15.9 Å². The number of hydrogen-bond donors (Lipinski definition) is 0. The van der Waals surface area contributed by atoms with E-state index in [1.54, 1.807) is 27.5 Å². The Kier molecular flexibility index (Phi) is 3.95. The Hall–Kier alpha value is -1.75. The summed E-state index contributed by atoms with van der Waals surface area (Å²) >= 11 is 3.28. The Balaban J connectivity index is 2.63. The second-order valence-corrected chi connectivity index (χ2v) is 4.83. The van der Waals surface area contributed by atoms with Gasteiger partial charge in [0.2, 0.25) is 0 Å². The van der Waals surface area contributed by atoms with Crippen LogP contribution in [0, 0.1) is 0 Å². The molecule has 1 aromatic carbocycles. The molecule has 0 bridgehead atoms. The highest BCUT2D eigenvalue weighted by Crippen LogP contribution is 2.34. The van der Waals surface area contributed by atoms with Gasteiger partial charge in [-0.2, -0.15) is 0 Å². The van der Waals surface area contributed by atoms with Crippen molar-refractivity contribution in [2.24, 2.45) is 7.05 Å². The molecule has 0 spiro atoms. The fourth-order valence-corrected chi connectivity index (χ4v) is 2.51. The summed E-state index contributed by atoms with van der Waals surface area (Å²) in [5.74, 6) is 1.32. The predicted molar refractivity (Wildman–Crippen MR) is 77.9 cm³/mol. The van der Waals surface area contributed by atoms with Gasteiger partial charge >= 0.3 is 0 Å². The highest BCUT2D eigenvalue weighted by atomic mass is 79.9. The lowest BCUT2D eigenvalue weighted by Crippen LogP contribution is -2.18. The molecular weight excluding hydrogens is 310 g/mol. The largest absolute Gasteiger partial charge is 0.497 e. The van der Waals surface area contributed by atoms with E-state index in [9.17, 15) is 4.79 Å². The molecule has 0 fully saturated rings. The van der Waals surface area contributed by atoms with Crippen molar-refractivity contribution in [3.63, 3.8) is 0 Å². The van der Waals surface area contributed by atoms with E-state index in [0.717, 1.165) is 16.9 Å². The van der Waals surface area contributed by atoms with Crippen molar-refractivity contribution in [3.05, 3.63) is 45.3 Å². The quantitative estimate of drug-likeness (QED) is 0.872. The molecule has 0 atom stereocenters. The molecule has 100 valence electrons. The van der Waals surface area contributed by atoms with Gasteiger partial charge in [-0.15, -0.1) is 0 Å². The van der Waals surface area contributed by atoms with Gasteiger partial charge in [0.15, 0.2) is 0 Å². The van der Waals surface area contributed by atoms with Gasteiger partial charge in [-0.1, -0.05) is 12.1 Å². The molecule has 2 rings (SSSR count). The maximum absolute atomic E-state index is 11.8. The number of methoxy groups -OCH3 is 2. The number of ether oxygens (including phenoxy) is 2. The van der Waals surface area contributed by atoms with Crippen LogP contribution in [0.2, 0.25) is 0 Å². The van der Waals surface area contributed by atoms with Crippen molar-refractivity contribution < 1.29 is 9.47 Å². The van der Waals surface area contributed by atoms with Gasteiger partial charge in [0.25, 0.3) is 5.56 Å². The van der Waals surface area contributed by atoms with Crippen molar-refractivity contribution in [1.82, 2.24) is 4.57 Å². The predicted octanol–water partition coefficient (Wildman–Crippen LogP) is 2.83. The number of aryl methyl sites for hydroxylation is 1. The van der Waals surface area contributed by atoms with Gasteiger partial charge in [-0.25, -0.2) is 0 Å². The zero-order valence-electron chi connectivity index (χ0n) is 10.9. The summed E-state index contributed by atoms with van der Waals surface area (Å²) in [5, 5.41) is 0. The Bertz CT molecular complexity index is 647. The SMILES string of the molecule is COc1ccc(-c2cn(C)c(=O)c(Br)c2OC)cc1. The fourth-order valence-electron chi connectivity index (χ4n) is 1.86. The van der Waals surface area contributed by atoms with Gasteiger partial charge in [0, 0.05) is 18.8 Å². The minimum absolute atomic E-state index is 0.130. The average molecular weight is 324 g/mol. The van der Waals surface area contributed by atoms with Crippen LogP contribution in [0.1, 0.15) is 0 Å². The van der Waals surface area contributed by atoms with Gasteiger partial charge in [0.05, 0.1) is 14.2 Å². The highest BCUT2D eigenvalue weighted by molar-refractivity contribution is 9.10. The number of rotatable bonds is 3. The van der Waals surface area contributed by atoms with Crippen LogP contribution >= 0.6 is 15.9 Å². The van der Waals surface area contributed by atoms with E-state index in [1.165, 1.54) is 4.57 Å². The normalized spacial score (nSPS) is 10.3. The molecule has 0 saturated carbocycles. The summed E-state index contributed by atoms with van der Waals surface area (Å²) in [4.78, 5) is 11.8. The van der Waals surface area contributed by atoms with Crippen LogP contribution in [0.25, 0.3) is 11.1 Å². The molecule has 19 heavy (non-hydrogen) atoms. The van der Waals surface area contributed by atoms with Crippen LogP contribution < -0.4 is 15.0 Å². The molecule has 0 unspecified atom stereocenters. The third-order valence-electron chi connectivity index (χ3n) is 2.88. The monoisotopic (exact) mass is 323 g/mol. The van der Waals surface area contributed by atoms with Gasteiger partial charge in [0.1, 0.15) is 16.0 Å². The lowest BCUT2D eigenvalue weighted by Gasteiger charge is -2.12. The number of pyridine rings is 1. The minimum Gasteiger partial charge on any atom is -0.497 e. The zero-order chi connectivity index (χ0) is 14.0. The van der Waals surface area contributed by atoms with Gasteiger partial charge < -0.3 is 14.0 Å². The van der Waals surface area contributed by atoms with Gasteiger partial charge in [-0.05, 0) is 33.6 Å². The van der Waals surface area contributed by atoms with Crippen molar-refractivity contribution in [2.75, 3.05) is 14.2 Å². The summed E-state index contributed by atoms with van der Waals surface area (Å²) in [6.45, 7) is 0. The molecule has 0 N–H and O–H groups in total. The van der Waals surface area contributed by atoms with Crippen molar-refractivity contribution in [3.8, 4) is 22.6 Å². The Labute approximate surface area is 119 Å². The lowest BCUT2D eigenvalue weighted by atomic mass is 10.1. The van der Waals surface area contributed by atoms with Crippen LogP contribution in [-0.4, -0.2) is 18.8 Å². The molecule has 0 aliphatic heterocycles. The minimum atomic E-state index is -0.130. The first kappa shape index (κ1) is 13.7. The molecular formula is C14H14BrNO3. The summed E-state index contributed by atoms with van der Waals surface area (Å²) < 4.78 is 12.4. The molecule has 5 heteroatoms. The first-order chi connectivity index (χ1) is 9.08. The van der Waals surface area contributed by atoms with E-state index in [1.807, 2.05) is 24.3 Å². The smallest absolute Gasteiger partial charge is 0.268 e. The van der Waals surface area contributed by atoms with Crippen LogP contribution in [-0.2, 0) is 7.05 Å². The first-order valence-electron chi connectivity index (χ1n) is 5.66. The van der Waals surface area contributed by atoms with E-state index < -0.39 is 0 Å². The van der Waals surface area contributed by atoms with Crippen LogP contribution in [0.3, 0.4) is 0 Å². The number of aromatic nitrogens is 1. The van der Waals surface area contributed by atoms with E-state index in [4.69, 9.17) is 9.47 Å². The molecule has 2 aromatic rings. The average Bonchev–Trinajstić information content (AvgIpc) is 2.44. The third kappa shape index (κ3) is 2.51. The maximum atomic E-state index is 11.8. The van der Waals surface area contributed by atoms with Crippen molar-refractivity contribution in [1.29, 1.82) is 0 Å². The number of halogens is 1. The van der Waals surface area contributed by atoms with E-state index in [0.29, 0.717) is 10.2 Å². The molecule has 1 aromatic heterocycles. The number of nitrogens with zero attached hydrogens (tertiary/aromatic N) is 1. The Morgan fingerprint density at radius 3 is 2.26 bits per heavy atom. The highest BCUT2D eigenvalue weighted by Gasteiger charge is 2.14. The van der Waals surface area contributed by atoms with Crippen LogP contribution in [0.5, 0.6) is 11.5 Å². The number of benzene rings is 1. The standard InChI is InChI=1S/C14H14BrNO3/c1-16-8-11(13(19-3)12(15)14(16)17)9-4-6-10(18-2)7-5-9/h4-8H,1-3H3. The van der Waals surface area contributed by atoms with E-state index in [2.05, 4.69) is 15.9 Å². The molecule has 0 aliphatic carbocycles. The topological polar surface area (TPSA) is 40.5 Å². The second kappa shape index (κ2) is 5.48. The maximum Gasteiger partial charge on any atom is 0.268 e. The molecule has 0 amide bonds. The molecule has 0 radical (unpaired) electrons. The zero-order valence-corrected chi connectivity index (χ0v) is 12.5. The van der Waals surface area contributed by atoms with E-state index in [-0.39, 0.29) is 5.56 Å². The first-order valence-corrected chi connectivity index (χ1v) is 6.45. The lowest BCUT2D eigenvalue weighted by molar-refractivity contribution is 0.411. The van der Waals surface area contributed by atoms with Crippen LogP contribution in [0.15, 0.2) is 39.7 Å². The van der Waals surface area contributed by atoms with E-state index >= 15 is 0 Å². The number of hydrogen-bond acceptors (Lipinski definition) is 3. The summed E-state index contributed by atoms with van der Waals surface area (Å²) in [6, 6.07) is 7.59. The van der Waals surface area contributed by atoms with Crippen LogP contribution in [0.4, 0.5) is 0 Å². The Morgan fingerprint density at radius 1 is 1.11 bits per heavy atom. The third-order valence-corrected chi connectivity index (χ3v) is 3.58. The summed E-state index contributed by atoms with van der Waals surface area (Å²) in [7, 11) is 4.88. The molecule has 1 heterocycles.